The third kappa shape index (κ3) is 4.42. The molecule has 8 heteroatoms. The van der Waals surface area contributed by atoms with Gasteiger partial charge >= 0.3 is 5.97 Å². The first-order valence-electron chi connectivity index (χ1n) is 7.21. The Bertz CT molecular complexity index is 725. The zero-order valence-electron chi connectivity index (χ0n) is 13.2. The van der Waals surface area contributed by atoms with Crippen LogP contribution in [0, 0.1) is 0 Å². The van der Waals surface area contributed by atoms with Gasteiger partial charge in [0.05, 0.1) is 6.61 Å². The Balaban J connectivity index is 2.23. The van der Waals surface area contributed by atoms with Crippen LogP contribution in [0.3, 0.4) is 0 Å². The lowest BCUT2D eigenvalue weighted by atomic mass is 10.2. The Hall–Kier alpha value is -2.67. The van der Waals surface area contributed by atoms with E-state index in [2.05, 4.69) is 10.3 Å². The second kappa shape index (κ2) is 7.74. The predicted molar refractivity (Wildman–Crippen MR) is 89.0 cm³/mol. The standard InChI is InChI=1S/C16H16ClN3O4/c1-3-24-14(22)9-20(10(2)21)16-18-13(15(23)19-16)8-11-4-6-12(17)7-5-11/h4-8H,3,9H2,1-2H3,(H,18,19,23)/b13-8+. The Morgan fingerprint density at radius 2 is 2.00 bits per heavy atom. The van der Waals surface area contributed by atoms with Crippen LogP contribution >= 0.6 is 11.6 Å². The Kier molecular flexibility index (Phi) is 5.70. The SMILES string of the molecule is CCOC(=O)CN(C(C)=O)C1=N/C(=C/c2ccc(Cl)cc2)C(=O)N1. The van der Waals surface area contributed by atoms with E-state index in [0.29, 0.717) is 5.02 Å². The van der Waals surface area contributed by atoms with Gasteiger partial charge in [0.25, 0.3) is 5.91 Å². The van der Waals surface area contributed by atoms with Crippen LogP contribution in [0.2, 0.25) is 5.02 Å². The smallest absolute Gasteiger partial charge is 0.326 e. The molecule has 0 aromatic heterocycles. The molecule has 0 bridgehead atoms. The van der Waals surface area contributed by atoms with Gasteiger partial charge < -0.3 is 4.74 Å². The maximum Gasteiger partial charge on any atom is 0.326 e. The summed E-state index contributed by atoms with van der Waals surface area (Å²) in [6, 6.07) is 6.84. The van der Waals surface area contributed by atoms with Crippen molar-refractivity contribution in [1.82, 2.24) is 10.2 Å². The second-order valence-corrected chi connectivity index (χ2v) is 5.32. The zero-order valence-corrected chi connectivity index (χ0v) is 14.0. The van der Waals surface area contributed by atoms with Crippen molar-refractivity contribution < 1.29 is 19.1 Å². The van der Waals surface area contributed by atoms with Gasteiger partial charge in [-0.3, -0.25) is 24.6 Å². The average molecular weight is 350 g/mol. The highest BCUT2D eigenvalue weighted by molar-refractivity contribution is 6.30. The number of guanidine groups is 1. The first-order valence-corrected chi connectivity index (χ1v) is 7.59. The zero-order chi connectivity index (χ0) is 17.7. The van der Waals surface area contributed by atoms with Crippen LogP contribution in [0.1, 0.15) is 19.4 Å². The molecule has 1 aliphatic heterocycles. The molecule has 126 valence electrons. The highest BCUT2D eigenvalue weighted by atomic mass is 35.5. The number of halogens is 1. The number of carbonyl (C=O) groups is 3. The monoisotopic (exact) mass is 349 g/mol. The molecule has 0 saturated heterocycles. The number of esters is 1. The predicted octanol–water partition coefficient (Wildman–Crippen LogP) is 1.58. The number of nitrogens with zero attached hydrogens (tertiary/aromatic N) is 2. The summed E-state index contributed by atoms with van der Waals surface area (Å²) in [5.74, 6) is -1.48. The maximum absolute atomic E-state index is 12.0. The molecule has 2 amide bonds. The number of ether oxygens (including phenoxy) is 1. The van der Waals surface area contributed by atoms with E-state index in [4.69, 9.17) is 16.3 Å². The van der Waals surface area contributed by atoms with E-state index >= 15 is 0 Å². The molecule has 0 unspecified atom stereocenters. The van der Waals surface area contributed by atoms with E-state index in [1.54, 1.807) is 37.3 Å². The van der Waals surface area contributed by atoms with Crippen LogP contribution in [0.15, 0.2) is 35.0 Å². The summed E-state index contributed by atoms with van der Waals surface area (Å²) < 4.78 is 4.81. The van der Waals surface area contributed by atoms with E-state index in [1.165, 1.54) is 6.92 Å². The van der Waals surface area contributed by atoms with E-state index < -0.39 is 17.8 Å². The van der Waals surface area contributed by atoms with Gasteiger partial charge in [0, 0.05) is 11.9 Å². The molecule has 1 aromatic rings. The average Bonchev–Trinajstić information content (AvgIpc) is 2.88. The summed E-state index contributed by atoms with van der Waals surface area (Å²) in [5, 5.41) is 3.06. The Morgan fingerprint density at radius 3 is 2.58 bits per heavy atom. The lowest BCUT2D eigenvalue weighted by Gasteiger charge is -2.18. The molecule has 7 nitrogen and oxygen atoms in total. The fourth-order valence-corrected chi connectivity index (χ4v) is 2.10. The van der Waals surface area contributed by atoms with Crippen molar-refractivity contribution in [2.24, 2.45) is 4.99 Å². The molecule has 0 spiro atoms. The topological polar surface area (TPSA) is 88.1 Å². The summed E-state index contributed by atoms with van der Waals surface area (Å²) in [5.41, 5.74) is 0.858. The van der Waals surface area contributed by atoms with Gasteiger partial charge in [0.2, 0.25) is 11.9 Å². The summed E-state index contributed by atoms with van der Waals surface area (Å²) in [4.78, 5) is 40.5. The van der Waals surface area contributed by atoms with Gasteiger partial charge in [-0.15, -0.1) is 0 Å². The maximum atomic E-state index is 12.0. The van der Waals surface area contributed by atoms with Gasteiger partial charge in [-0.25, -0.2) is 4.99 Å². The summed E-state index contributed by atoms with van der Waals surface area (Å²) in [6.07, 6.45) is 1.56. The van der Waals surface area contributed by atoms with E-state index in [1.807, 2.05) is 0 Å². The van der Waals surface area contributed by atoms with Crippen molar-refractivity contribution in [3.8, 4) is 0 Å². The van der Waals surface area contributed by atoms with E-state index in [0.717, 1.165) is 10.5 Å². The molecule has 1 heterocycles. The highest BCUT2D eigenvalue weighted by Gasteiger charge is 2.28. The number of amides is 2. The molecule has 24 heavy (non-hydrogen) atoms. The first kappa shape index (κ1) is 17.7. The Morgan fingerprint density at radius 1 is 1.33 bits per heavy atom. The van der Waals surface area contributed by atoms with Crippen LogP contribution in [0.4, 0.5) is 0 Å². The number of hydrogen-bond donors (Lipinski definition) is 1. The minimum absolute atomic E-state index is 0.000710. The number of nitrogens with one attached hydrogen (secondary N) is 1. The molecule has 1 aromatic carbocycles. The summed E-state index contributed by atoms with van der Waals surface area (Å²) in [6.45, 7) is 2.81. The van der Waals surface area contributed by atoms with Gasteiger partial charge in [0.15, 0.2) is 0 Å². The minimum atomic E-state index is -0.584. The fourth-order valence-electron chi connectivity index (χ4n) is 1.97. The molecular formula is C16H16ClN3O4. The number of carbonyl (C=O) groups excluding carboxylic acids is 3. The lowest BCUT2D eigenvalue weighted by molar-refractivity contribution is -0.146. The minimum Gasteiger partial charge on any atom is -0.465 e. The third-order valence-corrected chi connectivity index (χ3v) is 3.34. The molecule has 0 fully saturated rings. The quantitative estimate of drug-likeness (QED) is 0.660. The van der Waals surface area contributed by atoms with Gasteiger partial charge in [0.1, 0.15) is 12.2 Å². The van der Waals surface area contributed by atoms with Crippen molar-refractivity contribution >= 4 is 41.4 Å². The summed E-state index contributed by atoms with van der Waals surface area (Å²) in [7, 11) is 0. The van der Waals surface area contributed by atoms with Gasteiger partial charge in [-0.05, 0) is 30.7 Å². The van der Waals surface area contributed by atoms with Crippen LogP contribution in [0.25, 0.3) is 6.08 Å². The molecular weight excluding hydrogens is 334 g/mol. The van der Waals surface area contributed by atoms with Gasteiger partial charge in [-0.2, -0.15) is 0 Å². The second-order valence-electron chi connectivity index (χ2n) is 4.88. The largest absolute Gasteiger partial charge is 0.465 e. The van der Waals surface area contributed by atoms with Crippen LogP contribution in [-0.2, 0) is 19.1 Å². The first-order chi connectivity index (χ1) is 11.4. The molecule has 0 atom stereocenters. The van der Waals surface area contributed by atoms with Crippen molar-refractivity contribution in [3.63, 3.8) is 0 Å². The van der Waals surface area contributed by atoms with Crippen molar-refractivity contribution in [2.45, 2.75) is 13.8 Å². The molecule has 0 aliphatic carbocycles. The van der Waals surface area contributed by atoms with E-state index in [-0.39, 0.29) is 24.8 Å². The molecule has 0 radical (unpaired) electrons. The van der Waals surface area contributed by atoms with Gasteiger partial charge in [-0.1, -0.05) is 23.7 Å². The molecule has 1 aliphatic rings. The third-order valence-electron chi connectivity index (χ3n) is 3.09. The van der Waals surface area contributed by atoms with Crippen LogP contribution < -0.4 is 5.32 Å². The van der Waals surface area contributed by atoms with Crippen molar-refractivity contribution in [3.05, 3.63) is 40.5 Å². The molecule has 1 N–H and O–H groups in total. The van der Waals surface area contributed by atoms with Crippen molar-refractivity contribution in [1.29, 1.82) is 0 Å². The lowest BCUT2D eigenvalue weighted by Crippen LogP contribution is -2.46. The van der Waals surface area contributed by atoms with E-state index in [9.17, 15) is 14.4 Å². The van der Waals surface area contributed by atoms with Crippen LogP contribution in [-0.4, -0.2) is 41.8 Å². The highest BCUT2D eigenvalue weighted by Crippen LogP contribution is 2.16. The fraction of sp³-hybridized carbons (Fsp3) is 0.250. The molecule has 2 rings (SSSR count). The van der Waals surface area contributed by atoms with Crippen LogP contribution in [0.5, 0.6) is 0 Å². The number of aliphatic imine (C=N–C) groups is 1. The van der Waals surface area contributed by atoms with Crippen molar-refractivity contribution in [2.75, 3.05) is 13.2 Å². The number of rotatable bonds is 4. The normalized spacial score (nSPS) is 15.0. The summed E-state index contributed by atoms with van der Waals surface area (Å²) >= 11 is 5.82. The molecule has 0 saturated carbocycles. The number of benzene rings is 1. The number of hydrogen-bond acceptors (Lipinski definition) is 5. The Labute approximate surface area is 143 Å².